The molecule has 0 unspecified atom stereocenters. The molecule has 0 fully saturated rings. The van der Waals surface area contributed by atoms with Gasteiger partial charge in [-0.1, -0.05) is 0 Å². The summed E-state index contributed by atoms with van der Waals surface area (Å²) < 4.78 is 2.21. The summed E-state index contributed by atoms with van der Waals surface area (Å²) in [6.07, 6.45) is 0. The molecular weight excluding hydrogens is 114 g/mol. The zero-order valence-electron chi connectivity index (χ0n) is 6.31. The first-order chi connectivity index (χ1) is 4.25. The van der Waals surface area contributed by atoms with E-state index in [0.29, 0.717) is 0 Å². The maximum Gasteiger partial charge on any atom is 0.347 e. The maximum atomic E-state index is 3.13. The Bertz CT molecular complexity index is 139. The molecule has 1 N–H and O–H groups in total. The van der Waals surface area contributed by atoms with Gasteiger partial charge in [-0.25, -0.2) is 0 Å². The van der Waals surface area contributed by atoms with E-state index in [4.69, 9.17) is 0 Å². The van der Waals surface area contributed by atoms with Gasteiger partial charge < -0.3 is 0 Å². The van der Waals surface area contributed by atoms with E-state index in [1.807, 2.05) is 7.05 Å². The molecule has 0 saturated carbocycles. The van der Waals surface area contributed by atoms with Gasteiger partial charge in [-0.2, -0.15) is 0 Å². The third kappa shape index (κ3) is 0.992. The second-order valence-electron chi connectivity index (χ2n) is 2.42. The van der Waals surface area contributed by atoms with E-state index in [2.05, 4.69) is 28.9 Å². The van der Waals surface area contributed by atoms with E-state index in [1.165, 1.54) is 5.96 Å². The van der Waals surface area contributed by atoms with Gasteiger partial charge in [-0.15, -0.1) is 0 Å². The van der Waals surface area contributed by atoms with Gasteiger partial charge in [0, 0.05) is 0 Å². The lowest BCUT2D eigenvalue weighted by atomic mass is 10.6. The Morgan fingerprint density at radius 3 is 2.56 bits per heavy atom. The fourth-order valence-electron chi connectivity index (χ4n) is 1.18. The molecule has 3 nitrogen and oxygen atoms in total. The van der Waals surface area contributed by atoms with E-state index in [9.17, 15) is 0 Å². The predicted molar refractivity (Wildman–Crippen MR) is 37.7 cm³/mol. The molecule has 1 rings (SSSR count). The minimum absolute atomic E-state index is 1.13. The molecule has 0 spiro atoms. The van der Waals surface area contributed by atoms with Crippen molar-refractivity contribution >= 4 is 5.96 Å². The fraction of sp³-hybridized carbons (Fsp3) is 0.833. The van der Waals surface area contributed by atoms with E-state index < -0.39 is 0 Å². The van der Waals surface area contributed by atoms with Gasteiger partial charge in [-0.3, -0.25) is 14.8 Å². The van der Waals surface area contributed by atoms with Crippen LogP contribution in [0.5, 0.6) is 0 Å². The molecule has 1 heterocycles. The second kappa shape index (κ2) is 2.25. The van der Waals surface area contributed by atoms with Gasteiger partial charge in [-0.05, 0) is 0 Å². The van der Waals surface area contributed by atoms with Crippen LogP contribution in [0, 0.1) is 0 Å². The zero-order valence-corrected chi connectivity index (χ0v) is 6.31. The molecule has 9 heavy (non-hydrogen) atoms. The number of nitrogens with one attached hydrogen (secondary N) is 1. The van der Waals surface area contributed by atoms with E-state index in [1.54, 1.807) is 0 Å². The van der Waals surface area contributed by atoms with Crippen molar-refractivity contribution < 1.29 is 4.58 Å². The van der Waals surface area contributed by atoms with Gasteiger partial charge in [0.25, 0.3) is 0 Å². The highest BCUT2D eigenvalue weighted by atomic mass is 15.4. The molecule has 0 aromatic rings. The quantitative estimate of drug-likeness (QED) is 0.428. The summed E-state index contributed by atoms with van der Waals surface area (Å²) >= 11 is 0. The van der Waals surface area contributed by atoms with Crippen molar-refractivity contribution in [1.29, 1.82) is 0 Å². The van der Waals surface area contributed by atoms with Gasteiger partial charge in [0.2, 0.25) is 0 Å². The van der Waals surface area contributed by atoms with Crippen molar-refractivity contribution in [2.45, 2.75) is 0 Å². The molecule has 1 aliphatic rings. The minimum Gasteiger partial charge on any atom is -0.281 e. The molecule has 0 aliphatic carbocycles. The molecule has 3 heteroatoms. The van der Waals surface area contributed by atoms with Crippen LogP contribution in [0.4, 0.5) is 0 Å². The van der Waals surface area contributed by atoms with Gasteiger partial charge in [0.05, 0.1) is 34.2 Å². The van der Waals surface area contributed by atoms with E-state index in [0.717, 1.165) is 13.1 Å². The zero-order chi connectivity index (χ0) is 6.85. The molecule has 0 aromatic heterocycles. The summed E-state index contributed by atoms with van der Waals surface area (Å²) in [7, 11) is 6.14. The van der Waals surface area contributed by atoms with Crippen LogP contribution in [-0.4, -0.2) is 49.7 Å². The molecule has 0 radical (unpaired) electrons. The van der Waals surface area contributed by atoms with Crippen LogP contribution in [0.1, 0.15) is 0 Å². The Morgan fingerprint density at radius 1 is 1.67 bits per heavy atom. The summed E-state index contributed by atoms with van der Waals surface area (Å²) in [6, 6.07) is 0. The maximum absolute atomic E-state index is 3.13. The summed E-state index contributed by atoms with van der Waals surface area (Å²) in [5.74, 6) is 1.22. The van der Waals surface area contributed by atoms with Gasteiger partial charge in [0.1, 0.15) is 0 Å². The molecule has 1 aliphatic heterocycles. The number of nitrogens with zero attached hydrogens (tertiary/aromatic N) is 2. The summed E-state index contributed by atoms with van der Waals surface area (Å²) in [4.78, 5) is 2.21. The largest absolute Gasteiger partial charge is 0.347 e. The Morgan fingerprint density at radius 2 is 2.33 bits per heavy atom. The molecule has 0 bridgehead atoms. The number of hydrogen-bond acceptors (Lipinski definition) is 2. The number of guanidine groups is 1. The SMILES string of the molecule is CNC1=[N+](C)CCN1C. The van der Waals surface area contributed by atoms with Crippen molar-refractivity contribution in [2.75, 3.05) is 34.2 Å². The smallest absolute Gasteiger partial charge is 0.281 e. The lowest BCUT2D eigenvalue weighted by molar-refractivity contribution is -0.488. The standard InChI is InChI=1S/C6H13N3/c1-7-6-8(2)4-5-9(6)3/h4-5H2,1-3H3/p+1. The third-order valence-corrected chi connectivity index (χ3v) is 1.72. The van der Waals surface area contributed by atoms with Crippen LogP contribution in [0.2, 0.25) is 0 Å². The topological polar surface area (TPSA) is 18.3 Å². The molecule has 52 valence electrons. The minimum atomic E-state index is 1.13. The van der Waals surface area contributed by atoms with E-state index >= 15 is 0 Å². The molecule has 0 amide bonds. The Balaban J connectivity index is 2.69. The first-order valence-corrected chi connectivity index (χ1v) is 3.22. The van der Waals surface area contributed by atoms with Crippen LogP contribution in [-0.2, 0) is 0 Å². The molecule has 0 atom stereocenters. The Hall–Kier alpha value is -0.730. The number of likely N-dealkylation sites (N-methyl/N-ethyl adjacent to an activating group) is 2. The third-order valence-electron chi connectivity index (χ3n) is 1.72. The lowest BCUT2D eigenvalue weighted by Crippen LogP contribution is -2.35. The number of hydrogen-bond donors (Lipinski definition) is 1. The van der Waals surface area contributed by atoms with Crippen LogP contribution in [0.3, 0.4) is 0 Å². The Labute approximate surface area is 56.0 Å². The van der Waals surface area contributed by atoms with Crippen LogP contribution >= 0.6 is 0 Å². The first kappa shape index (κ1) is 6.39. The first-order valence-electron chi connectivity index (χ1n) is 3.22. The molecule has 0 saturated heterocycles. The fourth-order valence-corrected chi connectivity index (χ4v) is 1.18. The highest BCUT2D eigenvalue weighted by Crippen LogP contribution is 1.91. The van der Waals surface area contributed by atoms with Crippen molar-refractivity contribution in [3.63, 3.8) is 0 Å². The van der Waals surface area contributed by atoms with Crippen molar-refractivity contribution in [3.8, 4) is 0 Å². The average Bonchev–Trinajstić information content (AvgIpc) is 2.12. The summed E-state index contributed by atoms with van der Waals surface area (Å²) in [6.45, 7) is 2.26. The molecular formula is C6H14N3+. The Kier molecular flexibility index (Phi) is 1.60. The summed E-state index contributed by atoms with van der Waals surface area (Å²) in [5.41, 5.74) is 0. The van der Waals surface area contributed by atoms with Crippen LogP contribution in [0.25, 0.3) is 0 Å². The number of rotatable bonds is 0. The van der Waals surface area contributed by atoms with E-state index in [-0.39, 0.29) is 0 Å². The van der Waals surface area contributed by atoms with Gasteiger partial charge >= 0.3 is 5.96 Å². The van der Waals surface area contributed by atoms with Gasteiger partial charge in [0.15, 0.2) is 0 Å². The summed E-state index contributed by atoms with van der Waals surface area (Å²) in [5, 5.41) is 3.13. The highest BCUT2D eigenvalue weighted by Gasteiger charge is 2.21. The van der Waals surface area contributed by atoms with Crippen molar-refractivity contribution in [1.82, 2.24) is 10.2 Å². The van der Waals surface area contributed by atoms with Crippen molar-refractivity contribution in [2.24, 2.45) is 0 Å². The normalized spacial score (nSPS) is 19.2. The van der Waals surface area contributed by atoms with Crippen LogP contribution < -0.4 is 5.32 Å². The second-order valence-corrected chi connectivity index (χ2v) is 2.42. The van der Waals surface area contributed by atoms with Crippen LogP contribution in [0.15, 0.2) is 0 Å². The average molecular weight is 128 g/mol. The predicted octanol–water partition coefficient (Wildman–Crippen LogP) is -0.850. The van der Waals surface area contributed by atoms with Crippen molar-refractivity contribution in [3.05, 3.63) is 0 Å². The highest BCUT2D eigenvalue weighted by molar-refractivity contribution is 5.75. The monoisotopic (exact) mass is 128 g/mol. The molecule has 0 aromatic carbocycles. The lowest BCUT2D eigenvalue weighted by Gasteiger charge is -2.03.